The first-order valence-corrected chi connectivity index (χ1v) is 7.55. The zero-order valence-corrected chi connectivity index (χ0v) is 12.7. The quantitative estimate of drug-likeness (QED) is 0.859. The largest absolute Gasteiger partial charge is 0.242 e. The third-order valence-electron chi connectivity index (χ3n) is 1.64. The van der Waals surface area contributed by atoms with Crippen molar-refractivity contribution < 1.29 is 8.42 Å². The highest BCUT2D eigenvalue weighted by Crippen LogP contribution is 2.25. The molecule has 0 amide bonds. The zero-order valence-electron chi connectivity index (χ0n) is 8.00. The molecule has 0 aromatic heterocycles. The Morgan fingerprint density at radius 1 is 1.50 bits per heavy atom. The van der Waals surface area contributed by atoms with E-state index >= 15 is 0 Å². The summed E-state index contributed by atoms with van der Waals surface area (Å²) in [6.45, 7) is 3.66. The number of nitrogens with one attached hydrogen (secondary N) is 1. The fourth-order valence-corrected chi connectivity index (χ4v) is 3.33. The molecule has 7 heteroatoms. The van der Waals surface area contributed by atoms with E-state index in [2.05, 4.69) is 43.2 Å². The van der Waals surface area contributed by atoms with Crippen LogP contribution in [0.2, 0.25) is 5.02 Å². The lowest BCUT2D eigenvalue weighted by Gasteiger charge is -2.07. The van der Waals surface area contributed by atoms with E-state index in [1.807, 2.05) is 0 Å². The standard InChI is InChI=1S/C9H8Br2ClNO2S/c1-6(10)5-13-16(14,15)9-3-2-7(11)4-8(9)12/h2-4,13H,1,5H2. The van der Waals surface area contributed by atoms with E-state index in [9.17, 15) is 8.42 Å². The average Bonchev–Trinajstić information content (AvgIpc) is 2.14. The average molecular weight is 389 g/mol. The Hall–Kier alpha value is 0.120. The fraction of sp³-hybridized carbons (Fsp3) is 0.111. The third-order valence-corrected chi connectivity index (χ3v) is 4.30. The molecule has 0 saturated carbocycles. The van der Waals surface area contributed by atoms with Gasteiger partial charge in [-0.15, -0.1) is 0 Å². The van der Waals surface area contributed by atoms with Crippen LogP contribution in [0.1, 0.15) is 0 Å². The molecule has 1 aromatic carbocycles. The van der Waals surface area contributed by atoms with Gasteiger partial charge in [-0.05, 0) is 18.2 Å². The van der Waals surface area contributed by atoms with Crippen LogP contribution in [0.3, 0.4) is 0 Å². The molecule has 0 saturated heterocycles. The topological polar surface area (TPSA) is 46.2 Å². The molecule has 0 aliphatic carbocycles. The Bertz CT molecular complexity index is 516. The van der Waals surface area contributed by atoms with Crippen LogP contribution in [-0.4, -0.2) is 15.0 Å². The SMILES string of the molecule is C=C(Br)CNS(=O)(=O)c1ccc(Br)cc1Cl. The van der Waals surface area contributed by atoms with E-state index in [0.29, 0.717) is 4.48 Å². The van der Waals surface area contributed by atoms with E-state index in [-0.39, 0.29) is 16.5 Å². The molecule has 3 nitrogen and oxygen atoms in total. The van der Waals surface area contributed by atoms with Crippen LogP contribution in [0, 0.1) is 0 Å². The lowest BCUT2D eigenvalue weighted by atomic mass is 10.4. The highest BCUT2D eigenvalue weighted by molar-refractivity contribution is 9.11. The molecule has 1 aromatic rings. The van der Waals surface area contributed by atoms with Crippen molar-refractivity contribution in [2.75, 3.05) is 6.54 Å². The highest BCUT2D eigenvalue weighted by atomic mass is 79.9. The second kappa shape index (κ2) is 5.64. The van der Waals surface area contributed by atoms with Crippen molar-refractivity contribution >= 4 is 53.5 Å². The van der Waals surface area contributed by atoms with Crippen LogP contribution in [0.4, 0.5) is 0 Å². The first-order chi connectivity index (χ1) is 7.33. The Morgan fingerprint density at radius 3 is 2.62 bits per heavy atom. The highest BCUT2D eigenvalue weighted by Gasteiger charge is 2.17. The van der Waals surface area contributed by atoms with Crippen LogP contribution in [0.5, 0.6) is 0 Å². The van der Waals surface area contributed by atoms with Gasteiger partial charge in [-0.2, -0.15) is 0 Å². The van der Waals surface area contributed by atoms with Gasteiger partial charge in [0.25, 0.3) is 0 Å². The molecule has 0 spiro atoms. The van der Waals surface area contributed by atoms with Crippen molar-refractivity contribution in [3.05, 3.63) is 38.8 Å². The lowest BCUT2D eigenvalue weighted by Crippen LogP contribution is -2.25. The van der Waals surface area contributed by atoms with Crippen LogP contribution in [0.15, 0.2) is 38.6 Å². The zero-order chi connectivity index (χ0) is 12.3. The van der Waals surface area contributed by atoms with E-state index < -0.39 is 10.0 Å². The van der Waals surface area contributed by atoms with Crippen molar-refractivity contribution in [3.63, 3.8) is 0 Å². The minimum Gasteiger partial charge on any atom is -0.207 e. The Labute approximate surface area is 116 Å². The van der Waals surface area contributed by atoms with Gasteiger partial charge >= 0.3 is 0 Å². The number of hydrogen-bond acceptors (Lipinski definition) is 2. The Balaban J connectivity index is 3.03. The number of halogens is 3. The predicted octanol–water partition coefficient (Wildman–Crippen LogP) is 3.29. The van der Waals surface area contributed by atoms with Gasteiger partial charge in [0, 0.05) is 15.5 Å². The van der Waals surface area contributed by atoms with Gasteiger partial charge in [-0.25, -0.2) is 13.1 Å². The summed E-state index contributed by atoms with van der Waals surface area (Å²) in [5, 5.41) is 0.169. The molecular weight excluding hydrogens is 381 g/mol. The first kappa shape index (κ1) is 14.2. The minimum atomic E-state index is -3.60. The van der Waals surface area contributed by atoms with Crippen molar-refractivity contribution in [1.29, 1.82) is 0 Å². The van der Waals surface area contributed by atoms with E-state index in [1.165, 1.54) is 12.1 Å². The van der Waals surface area contributed by atoms with E-state index in [1.54, 1.807) is 6.07 Å². The molecule has 1 rings (SSSR count). The Morgan fingerprint density at radius 2 is 2.12 bits per heavy atom. The fourth-order valence-electron chi connectivity index (χ4n) is 0.944. The van der Waals surface area contributed by atoms with Gasteiger partial charge < -0.3 is 0 Å². The first-order valence-electron chi connectivity index (χ1n) is 4.11. The summed E-state index contributed by atoms with van der Waals surface area (Å²) in [5.41, 5.74) is 0. The van der Waals surface area contributed by atoms with Gasteiger partial charge in [-0.1, -0.05) is 50.0 Å². The minimum absolute atomic E-state index is 0.0473. The number of sulfonamides is 1. The summed E-state index contributed by atoms with van der Waals surface area (Å²) in [5.74, 6) is 0. The van der Waals surface area contributed by atoms with Gasteiger partial charge in [0.1, 0.15) is 4.90 Å². The summed E-state index contributed by atoms with van der Waals surface area (Å²) in [6, 6.07) is 4.58. The summed E-state index contributed by atoms with van der Waals surface area (Å²) in [4.78, 5) is 0.0473. The monoisotopic (exact) mass is 387 g/mol. The molecule has 0 unspecified atom stereocenters. The van der Waals surface area contributed by atoms with Crippen molar-refractivity contribution in [3.8, 4) is 0 Å². The van der Waals surface area contributed by atoms with Crippen molar-refractivity contribution in [2.45, 2.75) is 4.90 Å². The molecule has 0 aliphatic heterocycles. The maximum atomic E-state index is 11.8. The van der Waals surface area contributed by atoms with Crippen LogP contribution in [0.25, 0.3) is 0 Å². The summed E-state index contributed by atoms with van der Waals surface area (Å²) >= 11 is 12.1. The van der Waals surface area contributed by atoms with Crippen molar-refractivity contribution in [2.24, 2.45) is 0 Å². The van der Waals surface area contributed by atoms with Gasteiger partial charge in [0.05, 0.1) is 5.02 Å². The summed E-state index contributed by atoms with van der Waals surface area (Å²) < 4.78 is 27.2. The van der Waals surface area contributed by atoms with E-state index in [0.717, 1.165) is 4.47 Å². The molecule has 0 heterocycles. The van der Waals surface area contributed by atoms with E-state index in [4.69, 9.17) is 11.6 Å². The second-order valence-electron chi connectivity index (χ2n) is 2.92. The lowest BCUT2D eigenvalue weighted by molar-refractivity contribution is 0.585. The van der Waals surface area contributed by atoms with Gasteiger partial charge in [-0.3, -0.25) is 0 Å². The maximum absolute atomic E-state index is 11.8. The number of benzene rings is 1. The molecule has 0 bridgehead atoms. The van der Waals surface area contributed by atoms with Crippen LogP contribution in [-0.2, 0) is 10.0 Å². The molecule has 1 N–H and O–H groups in total. The molecule has 0 atom stereocenters. The Kier molecular flexibility index (Phi) is 5.00. The normalized spacial score (nSPS) is 11.4. The molecule has 16 heavy (non-hydrogen) atoms. The van der Waals surface area contributed by atoms with Gasteiger partial charge in [0.2, 0.25) is 10.0 Å². The maximum Gasteiger partial charge on any atom is 0.242 e. The van der Waals surface area contributed by atoms with Crippen molar-refractivity contribution in [1.82, 2.24) is 4.72 Å². The van der Waals surface area contributed by atoms with Crippen LogP contribution >= 0.6 is 43.5 Å². The molecule has 0 radical (unpaired) electrons. The second-order valence-corrected chi connectivity index (χ2v) is 7.10. The molecule has 0 fully saturated rings. The smallest absolute Gasteiger partial charge is 0.207 e. The number of hydrogen-bond donors (Lipinski definition) is 1. The number of rotatable bonds is 4. The van der Waals surface area contributed by atoms with Crippen LogP contribution < -0.4 is 4.72 Å². The molecule has 88 valence electrons. The molecule has 0 aliphatic rings. The van der Waals surface area contributed by atoms with Gasteiger partial charge in [0.15, 0.2) is 0 Å². The summed E-state index contributed by atoms with van der Waals surface area (Å²) in [6.07, 6.45) is 0. The third kappa shape index (κ3) is 3.85. The predicted molar refractivity (Wildman–Crippen MR) is 72.4 cm³/mol. The molecular formula is C9H8Br2ClNO2S. The summed E-state index contributed by atoms with van der Waals surface area (Å²) in [7, 11) is -3.60.